The van der Waals surface area contributed by atoms with Gasteiger partial charge in [-0.1, -0.05) is 11.6 Å². The van der Waals surface area contributed by atoms with Crippen molar-refractivity contribution in [1.82, 2.24) is 4.98 Å². The van der Waals surface area contributed by atoms with E-state index in [1.54, 1.807) is 12.1 Å². The number of hydrogen-bond acceptors (Lipinski definition) is 4. The fraction of sp³-hybridized carbons (Fsp3) is 0. The van der Waals surface area contributed by atoms with Gasteiger partial charge in [-0.15, -0.1) is 11.3 Å². The zero-order valence-electron chi connectivity index (χ0n) is 6.66. The van der Waals surface area contributed by atoms with Gasteiger partial charge in [0.15, 0.2) is 0 Å². The number of aromatic nitrogens is 1. The van der Waals surface area contributed by atoms with Crippen molar-refractivity contribution in [2.45, 2.75) is 0 Å². The monoisotopic (exact) mass is 231 g/mol. The fourth-order valence-corrected chi connectivity index (χ4v) is 2.13. The zero-order valence-corrected chi connectivity index (χ0v) is 8.23. The van der Waals surface area contributed by atoms with E-state index in [0.29, 0.717) is 9.98 Å². The Balaban J connectivity index is 2.56. The molecule has 0 saturated heterocycles. The van der Waals surface area contributed by atoms with Gasteiger partial charge in [0.05, 0.1) is 0 Å². The number of nitrogens with zero attached hydrogens (tertiary/aromatic N) is 1. The van der Waals surface area contributed by atoms with E-state index in [9.17, 15) is 9.32 Å². The molecule has 2 rings (SSSR count). The molecule has 0 aliphatic carbocycles. The van der Waals surface area contributed by atoms with E-state index in [-0.39, 0.29) is 4.88 Å². The smallest absolute Gasteiger partial charge is 0.248 e. The SMILES string of the molecule is O=C(OF)c1cc2ccc(Cl)nc2s1. The van der Waals surface area contributed by atoms with Gasteiger partial charge in [0.25, 0.3) is 0 Å². The van der Waals surface area contributed by atoms with E-state index in [1.165, 1.54) is 6.07 Å². The van der Waals surface area contributed by atoms with Crippen LogP contribution in [0.1, 0.15) is 9.67 Å². The Morgan fingerprint density at radius 2 is 2.36 bits per heavy atom. The summed E-state index contributed by atoms with van der Waals surface area (Å²) >= 11 is 6.68. The van der Waals surface area contributed by atoms with Crippen LogP contribution in [0.5, 0.6) is 0 Å². The van der Waals surface area contributed by atoms with Crippen molar-refractivity contribution >= 4 is 39.1 Å². The van der Waals surface area contributed by atoms with Crippen molar-refractivity contribution in [3.8, 4) is 0 Å². The minimum absolute atomic E-state index is 0.164. The highest BCUT2D eigenvalue weighted by atomic mass is 35.5. The first-order chi connectivity index (χ1) is 6.70. The summed E-state index contributed by atoms with van der Waals surface area (Å²) < 4.78 is 11.6. The summed E-state index contributed by atoms with van der Waals surface area (Å²) in [6, 6.07) is 4.81. The first-order valence-electron chi connectivity index (χ1n) is 3.60. The van der Waals surface area contributed by atoms with Gasteiger partial charge in [-0.25, -0.2) is 14.7 Å². The predicted octanol–water partition coefficient (Wildman–Crippen LogP) is 2.99. The Morgan fingerprint density at radius 3 is 3.07 bits per heavy atom. The highest BCUT2D eigenvalue weighted by molar-refractivity contribution is 7.20. The van der Waals surface area contributed by atoms with E-state index in [1.807, 2.05) is 0 Å². The maximum atomic E-state index is 11.6. The molecule has 2 heterocycles. The third-order valence-electron chi connectivity index (χ3n) is 1.62. The molecule has 14 heavy (non-hydrogen) atoms. The molecule has 3 nitrogen and oxygen atoms in total. The van der Waals surface area contributed by atoms with Crippen molar-refractivity contribution in [3.63, 3.8) is 0 Å². The molecule has 72 valence electrons. The molecular formula is C8H3ClFNO2S. The van der Waals surface area contributed by atoms with Crippen LogP contribution in [0.3, 0.4) is 0 Å². The minimum Gasteiger partial charge on any atom is -0.248 e. The molecule has 0 amide bonds. The summed E-state index contributed by atoms with van der Waals surface area (Å²) in [5.41, 5.74) is 0. The molecule has 2 aromatic rings. The van der Waals surface area contributed by atoms with Crippen molar-refractivity contribution in [3.05, 3.63) is 28.2 Å². The Labute approximate surface area is 87.0 Å². The molecule has 6 heteroatoms. The first-order valence-corrected chi connectivity index (χ1v) is 4.79. The second-order valence-electron chi connectivity index (χ2n) is 2.50. The lowest BCUT2D eigenvalue weighted by Gasteiger charge is -1.87. The van der Waals surface area contributed by atoms with E-state index in [2.05, 4.69) is 9.93 Å². The largest absolute Gasteiger partial charge is 0.389 e. The van der Waals surface area contributed by atoms with Gasteiger partial charge in [0.1, 0.15) is 14.9 Å². The number of rotatable bonds is 1. The van der Waals surface area contributed by atoms with Crippen LogP contribution in [-0.4, -0.2) is 11.0 Å². The molecule has 0 spiro atoms. The van der Waals surface area contributed by atoms with Gasteiger partial charge in [-0.3, -0.25) is 0 Å². The van der Waals surface area contributed by atoms with Crippen LogP contribution in [-0.2, 0) is 4.94 Å². The van der Waals surface area contributed by atoms with Crippen molar-refractivity contribution in [1.29, 1.82) is 0 Å². The van der Waals surface area contributed by atoms with E-state index < -0.39 is 5.97 Å². The van der Waals surface area contributed by atoms with Crippen LogP contribution in [0.2, 0.25) is 5.15 Å². The third-order valence-corrected chi connectivity index (χ3v) is 2.86. The fourth-order valence-electron chi connectivity index (χ4n) is 1.03. The first kappa shape index (κ1) is 9.36. The molecular weight excluding hydrogens is 229 g/mol. The van der Waals surface area contributed by atoms with E-state index in [0.717, 1.165) is 16.7 Å². The summed E-state index contributed by atoms with van der Waals surface area (Å²) in [6.07, 6.45) is 0. The summed E-state index contributed by atoms with van der Waals surface area (Å²) in [4.78, 5) is 18.6. The minimum atomic E-state index is -1.01. The van der Waals surface area contributed by atoms with Crippen LogP contribution in [0, 0.1) is 0 Å². The van der Waals surface area contributed by atoms with Crippen molar-refractivity contribution < 1.29 is 14.3 Å². The lowest BCUT2D eigenvalue weighted by Crippen LogP contribution is -1.93. The Bertz CT molecular complexity index is 499. The molecule has 0 aliphatic rings. The number of pyridine rings is 1. The van der Waals surface area contributed by atoms with Gasteiger partial charge >= 0.3 is 5.97 Å². The average Bonchev–Trinajstić information content (AvgIpc) is 2.59. The van der Waals surface area contributed by atoms with Gasteiger partial charge in [0, 0.05) is 9.91 Å². The van der Waals surface area contributed by atoms with E-state index >= 15 is 0 Å². The molecule has 0 unspecified atom stereocenters. The zero-order chi connectivity index (χ0) is 10.1. The number of thiophene rings is 1. The second kappa shape index (κ2) is 3.51. The summed E-state index contributed by atoms with van der Waals surface area (Å²) in [6.45, 7) is 0. The molecule has 0 radical (unpaired) electrons. The quantitative estimate of drug-likeness (QED) is 0.709. The van der Waals surface area contributed by atoms with E-state index in [4.69, 9.17) is 11.6 Å². The summed E-state index contributed by atoms with van der Waals surface area (Å²) in [5, 5.41) is 1.07. The molecule has 0 N–H and O–H groups in total. The van der Waals surface area contributed by atoms with Crippen LogP contribution < -0.4 is 0 Å². The Morgan fingerprint density at radius 1 is 1.57 bits per heavy atom. The number of hydrogen-bond donors (Lipinski definition) is 0. The highest BCUT2D eigenvalue weighted by Gasteiger charge is 2.12. The highest BCUT2D eigenvalue weighted by Crippen LogP contribution is 2.25. The number of carbonyl (C=O) groups is 1. The van der Waals surface area contributed by atoms with Crippen molar-refractivity contribution in [2.24, 2.45) is 0 Å². The Kier molecular flexibility index (Phi) is 2.35. The molecule has 2 aromatic heterocycles. The standard InChI is InChI=1S/C8H3ClFNO2S/c9-6-2-1-4-3-5(8(12)13-10)14-7(4)11-6/h1-3H. The molecule has 0 atom stereocenters. The molecule has 0 fully saturated rings. The van der Waals surface area contributed by atoms with Gasteiger partial charge in [-0.2, -0.15) is 0 Å². The van der Waals surface area contributed by atoms with Gasteiger partial charge < -0.3 is 0 Å². The maximum Gasteiger partial charge on any atom is 0.389 e. The topological polar surface area (TPSA) is 39.2 Å². The molecule has 0 bridgehead atoms. The maximum absolute atomic E-state index is 11.6. The lowest BCUT2D eigenvalue weighted by molar-refractivity contribution is -0.0783. The molecule has 0 saturated carbocycles. The van der Waals surface area contributed by atoms with Crippen LogP contribution >= 0.6 is 22.9 Å². The van der Waals surface area contributed by atoms with Crippen LogP contribution in [0.25, 0.3) is 10.2 Å². The number of fused-ring (bicyclic) bond motifs is 1. The number of halogens is 2. The van der Waals surface area contributed by atoms with Crippen LogP contribution in [0.4, 0.5) is 4.53 Å². The van der Waals surface area contributed by atoms with Crippen molar-refractivity contribution in [2.75, 3.05) is 0 Å². The van der Waals surface area contributed by atoms with Crippen LogP contribution in [0.15, 0.2) is 18.2 Å². The normalized spacial score (nSPS) is 10.4. The molecule has 0 aliphatic heterocycles. The predicted molar refractivity (Wildman–Crippen MR) is 51.2 cm³/mol. The summed E-state index contributed by atoms with van der Waals surface area (Å²) in [7, 11) is 0. The summed E-state index contributed by atoms with van der Waals surface area (Å²) in [5.74, 6) is -1.01. The third kappa shape index (κ3) is 1.56. The van der Waals surface area contributed by atoms with Gasteiger partial charge in [0.2, 0.25) is 0 Å². The molecule has 0 aromatic carbocycles. The Hall–Kier alpha value is -1.20. The van der Waals surface area contributed by atoms with Gasteiger partial charge in [-0.05, 0) is 18.2 Å². The number of carbonyl (C=O) groups excluding carboxylic acids is 1. The second-order valence-corrected chi connectivity index (χ2v) is 3.92. The average molecular weight is 232 g/mol. The lowest BCUT2D eigenvalue weighted by atomic mass is 10.3.